The highest BCUT2D eigenvalue weighted by Crippen LogP contribution is 2.40. The molecule has 0 radical (unpaired) electrons. The van der Waals surface area contributed by atoms with Gasteiger partial charge in [-0.25, -0.2) is 0 Å². The van der Waals surface area contributed by atoms with E-state index < -0.39 is 0 Å². The van der Waals surface area contributed by atoms with Gasteiger partial charge in [0.25, 0.3) is 0 Å². The zero-order valence-electron chi connectivity index (χ0n) is 17.7. The van der Waals surface area contributed by atoms with Gasteiger partial charge in [0.15, 0.2) is 5.17 Å². The molecule has 1 aliphatic heterocycles. The van der Waals surface area contributed by atoms with Crippen LogP contribution in [0.25, 0.3) is 27.7 Å². The standard InChI is InChI=1S/C24H24N2O4S/c1-4-29-21-13-22-18(19(14-30-22)16-7-5-6-8-20(16)28-3)12-17(21)15(2)11-23(27)26-24-25-9-10-31-24/h5-8,11-14H,4,9-10H2,1-3H3,(H,25,26,27)/b15-11+. The Labute approximate surface area is 185 Å². The van der Waals surface area contributed by atoms with Gasteiger partial charge in [-0.1, -0.05) is 30.0 Å². The smallest absolute Gasteiger partial charge is 0.250 e. The zero-order chi connectivity index (χ0) is 21.8. The molecule has 1 N–H and O–H groups in total. The van der Waals surface area contributed by atoms with Crippen molar-refractivity contribution in [1.82, 2.24) is 5.32 Å². The van der Waals surface area contributed by atoms with Crippen LogP contribution in [0.15, 0.2) is 58.1 Å². The number of thioether (sulfide) groups is 1. The number of carbonyl (C=O) groups is 1. The van der Waals surface area contributed by atoms with E-state index in [0.29, 0.717) is 23.1 Å². The Bertz CT molecular complexity index is 1180. The van der Waals surface area contributed by atoms with Crippen molar-refractivity contribution in [2.75, 3.05) is 26.0 Å². The van der Waals surface area contributed by atoms with Crippen molar-refractivity contribution in [2.45, 2.75) is 13.8 Å². The molecular weight excluding hydrogens is 412 g/mol. The van der Waals surface area contributed by atoms with Gasteiger partial charge >= 0.3 is 0 Å². The molecule has 0 bridgehead atoms. The molecule has 1 amide bonds. The molecular formula is C24H24N2O4S. The topological polar surface area (TPSA) is 73.1 Å². The molecule has 7 heteroatoms. The number of benzene rings is 2. The number of para-hydroxylation sites is 1. The Kier molecular flexibility index (Phi) is 6.32. The number of nitrogens with zero attached hydrogens (tertiary/aromatic N) is 1. The van der Waals surface area contributed by atoms with Crippen molar-refractivity contribution in [3.05, 3.63) is 54.3 Å². The second kappa shape index (κ2) is 9.31. The molecule has 0 saturated carbocycles. The van der Waals surface area contributed by atoms with Crippen LogP contribution in [0.5, 0.6) is 11.5 Å². The minimum absolute atomic E-state index is 0.203. The normalized spacial score (nSPS) is 13.9. The number of aliphatic imine (C=N–C) groups is 1. The summed E-state index contributed by atoms with van der Waals surface area (Å²) >= 11 is 1.55. The maximum atomic E-state index is 12.5. The summed E-state index contributed by atoms with van der Waals surface area (Å²) in [6, 6.07) is 11.7. The average Bonchev–Trinajstić information content (AvgIpc) is 3.42. The van der Waals surface area contributed by atoms with E-state index in [1.165, 1.54) is 0 Å². The summed E-state index contributed by atoms with van der Waals surface area (Å²) < 4.78 is 17.2. The predicted molar refractivity (Wildman–Crippen MR) is 126 cm³/mol. The SMILES string of the molecule is CCOc1cc2occ(-c3ccccc3OC)c2cc1/C(C)=C/C(=O)NC1=NCCS1. The van der Waals surface area contributed by atoms with Crippen molar-refractivity contribution >= 4 is 39.4 Å². The zero-order valence-corrected chi connectivity index (χ0v) is 18.5. The van der Waals surface area contributed by atoms with Gasteiger partial charge in [-0.2, -0.15) is 0 Å². The number of fused-ring (bicyclic) bond motifs is 1. The van der Waals surface area contributed by atoms with E-state index in [2.05, 4.69) is 10.3 Å². The van der Waals surface area contributed by atoms with Crippen LogP contribution in [0, 0.1) is 0 Å². The highest BCUT2D eigenvalue weighted by Gasteiger charge is 2.17. The lowest BCUT2D eigenvalue weighted by atomic mass is 9.98. The molecule has 0 saturated heterocycles. The molecule has 0 atom stereocenters. The van der Waals surface area contributed by atoms with E-state index in [-0.39, 0.29) is 5.91 Å². The third-order valence-corrected chi connectivity index (χ3v) is 5.85. The lowest BCUT2D eigenvalue weighted by Gasteiger charge is -2.12. The van der Waals surface area contributed by atoms with Crippen LogP contribution in [-0.2, 0) is 4.79 Å². The summed E-state index contributed by atoms with van der Waals surface area (Å²) in [7, 11) is 1.65. The lowest BCUT2D eigenvalue weighted by Crippen LogP contribution is -2.25. The van der Waals surface area contributed by atoms with E-state index in [1.54, 1.807) is 31.2 Å². The Morgan fingerprint density at radius 2 is 2.10 bits per heavy atom. The molecule has 4 rings (SSSR count). The van der Waals surface area contributed by atoms with Crippen LogP contribution in [0.4, 0.5) is 0 Å². The Balaban J connectivity index is 1.77. The Hall–Kier alpha value is -3.19. The van der Waals surface area contributed by atoms with Gasteiger partial charge in [0, 0.05) is 40.0 Å². The minimum atomic E-state index is -0.203. The van der Waals surface area contributed by atoms with Gasteiger partial charge in [-0.3, -0.25) is 9.79 Å². The minimum Gasteiger partial charge on any atom is -0.496 e. The van der Waals surface area contributed by atoms with Gasteiger partial charge in [0.05, 0.1) is 26.5 Å². The predicted octanol–water partition coefficient (Wildman–Crippen LogP) is 5.13. The molecule has 2 aromatic carbocycles. The fraction of sp³-hybridized carbons (Fsp3) is 0.250. The number of hydrogen-bond donors (Lipinski definition) is 1. The largest absolute Gasteiger partial charge is 0.496 e. The van der Waals surface area contributed by atoms with Crippen LogP contribution < -0.4 is 14.8 Å². The number of furan rings is 1. The second-order valence-corrected chi connectivity index (χ2v) is 8.06. The van der Waals surface area contributed by atoms with Crippen LogP contribution in [0.3, 0.4) is 0 Å². The third kappa shape index (κ3) is 4.46. The van der Waals surface area contributed by atoms with Crippen molar-refractivity contribution in [3.63, 3.8) is 0 Å². The van der Waals surface area contributed by atoms with Gasteiger partial charge in [0.2, 0.25) is 5.91 Å². The number of ether oxygens (including phenoxy) is 2. The summed E-state index contributed by atoms with van der Waals surface area (Å²) in [6.07, 6.45) is 3.30. The van der Waals surface area contributed by atoms with Crippen molar-refractivity contribution in [3.8, 4) is 22.6 Å². The molecule has 0 aliphatic carbocycles. The van der Waals surface area contributed by atoms with E-state index >= 15 is 0 Å². The summed E-state index contributed by atoms with van der Waals surface area (Å²) in [6.45, 7) is 5.07. The monoisotopic (exact) mass is 436 g/mol. The van der Waals surface area contributed by atoms with Gasteiger partial charge < -0.3 is 19.2 Å². The first-order chi connectivity index (χ1) is 15.1. The molecule has 0 unspecified atom stereocenters. The number of nitrogens with one attached hydrogen (secondary N) is 1. The fourth-order valence-electron chi connectivity index (χ4n) is 3.54. The van der Waals surface area contributed by atoms with E-state index in [4.69, 9.17) is 13.9 Å². The highest BCUT2D eigenvalue weighted by molar-refractivity contribution is 8.14. The van der Waals surface area contributed by atoms with Crippen molar-refractivity contribution in [2.24, 2.45) is 4.99 Å². The highest BCUT2D eigenvalue weighted by atomic mass is 32.2. The Morgan fingerprint density at radius 3 is 2.84 bits per heavy atom. The number of rotatable bonds is 6. The number of hydrogen-bond acceptors (Lipinski definition) is 6. The fourth-order valence-corrected chi connectivity index (χ4v) is 4.27. The number of amides is 1. The molecule has 0 fully saturated rings. The molecule has 160 valence electrons. The van der Waals surface area contributed by atoms with Crippen molar-refractivity contribution < 1.29 is 18.7 Å². The molecule has 2 heterocycles. The number of allylic oxidation sites excluding steroid dienone is 1. The van der Waals surface area contributed by atoms with E-state index in [9.17, 15) is 4.79 Å². The maximum Gasteiger partial charge on any atom is 0.250 e. The lowest BCUT2D eigenvalue weighted by molar-refractivity contribution is -0.115. The summed E-state index contributed by atoms with van der Waals surface area (Å²) in [5.74, 6) is 2.13. The molecule has 0 spiro atoms. The van der Waals surface area contributed by atoms with Crippen LogP contribution >= 0.6 is 11.8 Å². The van der Waals surface area contributed by atoms with Gasteiger partial charge in [-0.15, -0.1) is 0 Å². The second-order valence-electron chi connectivity index (χ2n) is 6.98. The first-order valence-electron chi connectivity index (χ1n) is 10.1. The average molecular weight is 437 g/mol. The number of methoxy groups -OCH3 is 1. The molecule has 1 aromatic heterocycles. The summed E-state index contributed by atoms with van der Waals surface area (Å²) in [4.78, 5) is 16.7. The van der Waals surface area contributed by atoms with Crippen LogP contribution in [0.1, 0.15) is 19.4 Å². The summed E-state index contributed by atoms with van der Waals surface area (Å²) in [5.41, 5.74) is 4.20. The number of carbonyl (C=O) groups excluding carboxylic acids is 1. The van der Waals surface area contributed by atoms with Crippen LogP contribution in [-0.4, -0.2) is 37.1 Å². The summed E-state index contributed by atoms with van der Waals surface area (Å²) in [5, 5.41) is 4.43. The first-order valence-corrected chi connectivity index (χ1v) is 11.1. The quantitative estimate of drug-likeness (QED) is 0.543. The molecule has 6 nitrogen and oxygen atoms in total. The molecule has 1 aliphatic rings. The Morgan fingerprint density at radius 1 is 1.26 bits per heavy atom. The van der Waals surface area contributed by atoms with E-state index in [1.807, 2.05) is 50.2 Å². The first kappa shape index (κ1) is 21.1. The molecule has 3 aromatic rings. The van der Waals surface area contributed by atoms with Crippen molar-refractivity contribution in [1.29, 1.82) is 0 Å². The van der Waals surface area contributed by atoms with Crippen LogP contribution in [0.2, 0.25) is 0 Å². The van der Waals surface area contributed by atoms with Gasteiger partial charge in [-0.05, 0) is 31.6 Å². The van der Waals surface area contributed by atoms with Gasteiger partial charge in [0.1, 0.15) is 17.1 Å². The maximum absolute atomic E-state index is 12.5. The van der Waals surface area contributed by atoms with E-state index in [0.717, 1.165) is 45.7 Å². The number of amidine groups is 1. The molecule has 31 heavy (non-hydrogen) atoms. The third-order valence-electron chi connectivity index (χ3n) is 4.96.